The van der Waals surface area contributed by atoms with Gasteiger partial charge in [0.1, 0.15) is 0 Å². The molecule has 0 N–H and O–H groups in total. The van der Waals surface area contributed by atoms with Crippen LogP contribution in [0.15, 0.2) is 236 Å². The van der Waals surface area contributed by atoms with E-state index in [0.717, 1.165) is 60.2 Å². The SMILES string of the molecule is [2H]c1c([2H])c([2H])c(-c2c([2H])c([2H])c(-c3c([2H])c([2H])c(N(c4ccc(-c5cccc(-c6ccc7ccccc7c6)c5)cc4)c4c([2H])c([2H])c(-c5cccc6c5C(C)(C)c5ccccc5-6)c([2H])c4[2H])c([2H])c3[2H])c([2H])c2[2H])c([2H])c1[2H]. The molecule has 0 fully saturated rings. The van der Waals surface area contributed by atoms with Gasteiger partial charge in [0.05, 0.1) is 23.3 Å². The fraction of sp³-hybridized carbons (Fsp3) is 0.0492. The predicted octanol–water partition coefficient (Wildman–Crippen LogP) is 17.0. The summed E-state index contributed by atoms with van der Waals surface area (Å²) < 4.78 is 155. The Labute approximate surface area is 388 Å². The normalized spacial score (nSPS) is 16.3. The topological polar surface area (TPSA) is 3.24 Å². The minimum atomic E-state index is -0.873. The third kappa shape index (κ3) is 6.69. The molecule has 1 heteroatoms. The van der Waals surface area contributed by atoms with Crippen molar-refractivity contribution >= 4 is 27.8 Å². The van der Waals surface area contributed by atoms with Gasteiger partial charge in [-0.2, -0.15) is 0 Å². The molecule has 0 spiro atoms. The van der Waals surface area contributed by atoms with Crippen LogP contribution in [0.3, 0.4) is 0 Å². The summed E-state index contributed by atoms with van der Waals surface area (Å²) in [6.45, 7) is 4.09. The maximum atomic E-state index is 9.80. The van der Waals surface area contributed by atoms with E-state index in [0.29, 0.717) is 5.56 Å². The smallest absolute Gasteiger partial charge is 0.0645 e. The van der Waals surface area contributed by atoms with E-state index >= 15 is 0 Å². The highest BCUT2D eigenvalue weighted by Gasteiger charge is 2.37. The van der Waals surface area contributed by atoms with Crippen LogP contribution in [-0.2, 0) is 5.41 Å². The van der Waals surface area contributed by atoms with Gasteiger partial charge in [-0.05, 0) is 137 Å². The first-order valence-electron chi connectivity index (χ1n) is 28.7. The van der Waals surface area contributed by atoms with E-state index in [1.165, 1.54) is 0 Å². The van der Waals surface area contributed by atoms with Crippen LogP contribution in [0.25, 0.3) is 77.5 Å². The molecule has 11 rings (SSSR count). The Bertz CT molecular complexity index is 4150. The number of nitrogens with zero attached hydrogens (tertiary/aromatic N) is 1. The van der Waals surface area contributed by atoms with Crippen molar-refractivity contribution in [1.29, 1.82) is 0 Å². The summed E-state index contributed by atoms with van der Waals surface area (Å²) >= 11 is 0. The van der Waals surface area contributed by atoms with Crippen LogP contribution in [0.1, 0.15) is 48.3 Å². The van der Waals surface area contributed by atoms with Crippen LogP contribution in [0.2, 0.25) is 0 Å². The second-order valence-corrected chi connectivity index (χ2v) is 15.6. The van der Waals surface area contributed by atoms with Crippen LogP contribution in [0, 0.1) is 0 Å². The Morgan fingerprint density at radius 2 is 0.839 bits per heavy atom. The molecule has 10 aromatic carbocycles. The van der Waals surface area contributed by atoms with Crippen LogP contribution in [0.4, 0.5) is 17.1 Å². The maximum Gasteiger partial charge on any atom is 0.0645 e. The average Bonchev–Trinajstić information content (AvgIpc) is 3.71. The van der Waals surface area contributed by atoms with E-state index in [1.54, 1.807) is 30.3 Å². The minimum Gasteiger partial charge on any atom is -0.311 e. The van der Waals surface area contributed by atoms with Crippen molar-refractivity contribution < 1.29 is 23.3 Å². The van der Waals surface area contributed by atoms with Crippen LogP contribution >= 0.6 is 0 Å². The molecule has 1 aliphatic rings. The monoisotopic (exact) mass is 808 g/mol. The standard InChI is InChI=1S/C61H45N/c1-61(2)59-21-9-8-18-57(59)58-20-11-19-56(60(58)61)48-32-38-55(39-33-48)62(53-34-28-46(29-35-53)45-24-22-44(23-25-45)42-12-4-3-5-13-42)54-36-30-47(31-37-54)50-16-10-17-51(40-50)52-27-26-43-14-6-7-15-49(43)41-52/h3-41H,1-2H3/i3D,4D,5D,12D,13D,22D,23D,24D,25D,28D,29D,32D,33D,34D,35D,38D,39D. The highest BCUT2D eigenvalue weighted by Crippen LogP contribution is 2.52. The zero-order valence-corrected chi connectivity index (χ0v) is 33.6. The third-order valence-electron chi connectivity index (χ3n) is 11.5. The van der Waals surface area contributed by atoms with E-state index in [1.807, 2.05) is 105 Å². The molecule has 1 nitrogen and oxygen atoms in total. The Morgan fingerprint density at radius 3 is 1.53 bits per heavy atom. The van der Waals surface area contributed by atoms with E-state index in [-0.39, 0.29) is 11.3 Å². The van der Waals surface area contributed by atoms with Gasteiger partial charge in [0.25, 0.3) is 0 Å². The average molecular weight is 809 g/mol. The molecule has 0 saturated carbocycles. The number of benzene rings is 10. The second kappa shape index (κ2) is 15.4. The molecule has 0 bridgehead atoms. The van der Waals surface area contributed by atoms with Crippen LogP contribution in [0.5, 0.6) is 0 Å². The lowest BCUT2D eigenvalue weighted by molar-refractivity contribution is 0.662. The number of rotatable bonds is 8. The molecule has 0 amide bonds. The summed E-state index contributed by atoms with van der Waals surface area (Å²) in [5.41, 5.74) is 3.77. The van der Waals surface area contributed by atoms with Gasteiger partial charge in [0.15, 0.2) is 0 Å². The van der Waals surface area contributed by atoms with Crippen molar-refractivity contribution in [3.05, 3.63) is 247 Å². The summed E-state index contributed by atoms with van der Waals surface area (Å²) in [4.78, 5) is 1.15. The van der Waals surface area contributed by atoms with E-state index in [2.05, 4.69) is 12.1 Å². The lowest BCUT2D eigenvalue weighted by Crippen LogP contribution is -2.16. The van der Waals surface area contributed by atoms with Crippen molar-refractivity contribution in [2.24, 2.45) is 0 Å². The van der Waals surface area contributed by atoms with Crippen LogP contribution in [-0.4, -0.2) is 0 Å². The Kier molecular flexibility index (Phi) is 5.78. The minimum absolute atomic E-state index is 0.0170. The van der Waals surface area contributed by atoms with Gasteiger partial charge in [-0.1, -0.05) is 202 Å². The highest BCUT2D eigenvalue weighted by atomic mass is 15.1. The number of anilines is 3. The molecule has 0 atom stereocenters. The van der Waals surface area contributed by atoms with Gasteiger partial charge < -0.3 is 4.90 Å². The van der Waals surface area contributed by atoms with Crippen molar-refractivity contribution in [2.45, 2.75) is 19.3 Å². The van der Waals surface area contributed by atoms with Gasteiger partial charge in [0.2, 0.25) is 0 Å². The molecule has 0 unspecified atom stereocenters. The van der Waals surface area contributed by atoms with Gasteiger partial charge in [-0.3, -0.25) is 0 Å². The van der Waals surface area contributed by atoms with Crippen molar-refractivity contribution in [3.8, 4) is 66.8 Å². The van der Waals surface area contributed by atoms with Gasteiger partial charge in [0, 0.05) is 22.5 Å². The molecule has 0 radical (unpaired) electrons. The zero-order valence-electron chi connectivity index (χ0n) is 50.6. The van der Waals surface area contributed by atoms with Crippen LogP contribution < -0.4 is 4.90 Å². The third-order valence-corrected chi connectivity index (χ3v) is 11.5. The molecule has 1 aliphatic carbocycles. The van der Waals surface area contributed by atoms with Crippen molar-refractivity contribution in [1.82, 2.24) is 0 Å². The van der Waals surface area contributed by atoms with E-state index < -0.39 is 142 Å². The Hall–Kier alpha value is -7.74. The van der Waals surface area contributed by atoms with Crippen molar-refractivity contribution in [3.63, 3.8) is 0 Å². The first kappa shape index (κ1) is 23.3. The molecular weight excluding hydrogens is 747 g/mol. The Morgan fingerprint density at radius 1 is 0.339 bits per heavy atom. The molecule has 294 valence electrons. The van der Waals surface area contributed by atoms with Gasteiger partial charge in [-0.15, -0.1) is 0 Å². The van der Waals surface area contributed by atoms with E-state index in [9.17, 15) is 11.0 Å². The molecule has 0 heterocycles. The summed E-state index contributed by atoms with van der Waals surface area (Å²) in [6, 6.07) is 29.8. The number of hydrogen-bond donors (Lipinski definition) is 0. The molecule has 0 saturated heterocycles. The molecule has 0 aliphatic heterocycles. The van der Waals surface area contributed by atoms with Gasteiger partial charge >= 0.3 is 0 Å². The summed E-state index contributed by atoms with van der Waals surface area (Å²) in [6.07, 6.45) is 0. The lowest BCUT2D eigenvalue weighted by atomic mass is 9.79. The first-order valence-corrected chi connectivity index (χ1v) is 20.2. The Balaban J connectivity index is 1.11. The molecule has 62 heavy (non-hydrogen) atoms. The lowest BCUT2D eigenvalue weighted by Gasteiger charge is -2.27. The van der Waals surface area contributed by atoms with Crippen molar-refractivity contribution in [2.75, 3.05) is 4.90 Å². The summed E-state index contributed by atoms with van der Waals surface area (Å²) in [5, 5.41) is 2.18. The zero-order chi connectivity index (χ0) is 56.4. The highest BCUT2D eigenvalue weighted by molar-refractivity contribution is 5.90. The summed E-state index contributed by atoms with van der Waals surface area (Å²) in [7, 11) is 0. The number of fused-ring (bicyclic) bond motifs is 4. The first-order chi connectivity index (χ1) is 37.6. The number of hydrogen-bond acceptors (Lipinski definition) is 1. The second-order valence-electron chi connectivity index (χ2n) is 15.6. The fourth-order valence-corrected chi connectivity index (χ4v) is 8.51. The molecular formula is C61H45N. The summed E-state index contributed by atoms with van der Waals surface area (Å²) in [5.74, 6) is 0. The maximum absolute atomic E-state index is 9.80. The fourth-order valence-electron chi connectivity index (χ4n) is 8.51. The molecule has 10 aromatic rings. The van der Waals surface area contributed by atoms with Gasteiger partial charge in [-0.25, -0.2) is 0 Å². The molecule has 0 aromatic heterocycles. The largest absolute Gasteiger partial charge is 0.311 e. The van der Waals surface area contributed by atoms with E-state index in [4.69, 9.17) is 12.3 Å². The quantitative estimate of drug-likeness (QED) is 0.148. The predicted molar refractivity (Wildman–Crippen MR) is 263 cm³/mol.